The zero-order valence-electron chi connectivity index (χ0n) is 12.2. The Labute approximate surface area is 117 Å². The quantitative estimate of drug-likeness (QED) is 0.883. The lowest BCUT2D eigenvalue weighted by Crippen LogP contribution is -2.35. The molecule has 1 aromatic carbocycles. The molecular weight excluding hydrogens is 232 g/mol. The second kappa shape index (κ2) is 4.92. The molecule has 3 rings (SSSR count). The first kappa shape index (κ1) is 13.1. The van der Waals surface area contributed by atoms with E-state index in [2.05, 4.69) is 43.0 Å². The van der Waals surface area contributed by atoms with Gasteiger partial charge in [0.05, 0.1) is 0 Å². The van der Waals surface area contributed by atoms with Gasteiger partial charge in [0.2, 0.25) is 0 Å². The molecule has 104 valence electrons. The van der Waals surface area contributed by atoms with Crippen LogP contribution >= 0.6 is 0 Å². The number of nitrogens with two attached hydrogens (primary N) is 1. The predicted octanol–water partition coefficient (Wildman–Crippen LogP) is 3.08. The van der Waals surface area contributed by atoms with Crippen LogP contribution in [0.2, 0.25) is 0 Å². The van der Waals surface area contributed by atoms with Gasteiger partial charge in [0.15, 0.2) is 0 Å². The molecule has 1 saturated heterocycles. The number of benzene rings is 1. The normalized spacial score (nSPS) is 30.3. The van der Waals surface area contributed by atoms with Gasteiger partial charge in [0.1, 0.15) is 0 Å². The summed E-state index contributed by atoms with van der Waals surface area (Å²) < 4.78 is 0. The molecule has 1 aliphatic carbocycles. The van der Waals surface area contributed by atoms with E-state index in [1.165, 1.54) is 32.4 Å². The van der Waals surface area contributed by atoms with E-state index in [4.69, 9.17) is 5.73 Å². The van der Waals surface area contributed by atoms with Gasteiger partial charge in [0.25, 0.3) is 0 Å². The van der Waals surface area contributed by atoms with E-state index in [0.29, 0.717) is 17.4 Å². The molecule has 1 aliphatic heterocycles. The van der Waals surface area contributed by atoms with Crippen LogP contribution in [-0.4, -0.2) is 24.5 Å². The highest BCUT2D eigenvalue weighted by atomic mass is 15.2. The molecule has 0 amide bonds. The van der Waals surface area contributed by atoms with Crippen molar-refractivity contribution in [3.05, 3.63) is 35.4 Å². The summed E-state index contributed by atoms with van der Waals surface area (Å²) in [6.45, 7) is 8.02. The van der Waals surface area contributed by atoms with E-state index in [-0.39, 0.29) is 0 Å². The summed E-state index contributed by atoms with van der Waals surface area (Å²) in [4.78, 5) is 2.67. The van der Waals surface area contributed by atoms with Gasteiger partial charge in [0, 0.05) is 12.6 Å². The summed E-state index contributed by atoms with van der Waals surface area (Å²) in [7, 11) is 0. The largest absolute Gasteiger partial charge is 0.330 e. The standard InChI is InChI=1S/C17H26N2/c1-17(2)9-7-16(14-5-3-4-6-15(14)17)19-10-8-13(11-18)12-19/h3-6,13,16H,7-12,18H2,1-2H3. The number of hydrogen-bond donors (Lipinski definition) is 1. The van der Waals surface area contributed by atoms with E-state index in [0.717, 1.165) is 6.54 Å². The van der Waals surface area contributed by atoms with Crippen LogP contribution in [0.3, 0.4) is 0 Å². The molecule has 1 fully saturated rings. The van der Waals surface area contributed by atoms with E-state index < -0.39 is 0 Å². The summed E-state index contributed by atoms with van der Waals surface area (Å²) in [5, 5.41) is 0. The van der Waals surface area contributed by atoms with Gasteiger partial charge in [-0.25, -0.2) is 0 Å². The molecule has 2 heteroatoms. The summed E-state index contributed by atoms with van der Waals surface area (Å²) in [6.07, 6.45) is 3.86. The average Bonchev–Trinajstić information content (AvgIpc) is 2.88. The fourth-order valence-electron chi connectivity index (χ4n) is 3.91. The first-order valence-corrected chi connectivity index (χ1v) is 7.65. The van der Waals surface area contributed by atoms with Crippen molar-refractivity contribution < 1.29 is 0 Å². The first-order valence-electron chi connectivity index (χ1n) is 7.65. The summed E-state index contributed by atoms with van der Waals surface area (Å²) in [5.74, 6) is 0.710. The number of fused-ring (bicyclic) bond motifs is 1. The molecule has 0 aromatic heterocycles. The van der Waals surface area contributed by atoms with Crippen molar-refractivity contribution in [3.63, 3.8) is 0 Å². The van der Waals surface area contributed by atoms with Gasteiger partial charge in [-0.1, -0.05) is 38.1 Å². The fourth-order valence-corrected chi connectivity index (χ4v) is 3.91. The van der Waals surface area contributed by atoms with Crippen LogP contribution in [0.5, 0.6) is 0 Å². The minimum atomic E-state index is 0.333. The molecule has 0 bridgehead atoms. The van der Waals surface area contributed by atoms with Gasteiger partial charge in [-0.3, -0.25) is 4.90 Å². The van der Waals surface area contributed by atoms with Gasteiger partial charge < -0.3 is 5.73 Å². The second-order valence-corrected chi connectivity index (χ2v) is 6.91. The zero-order chi connectivity index (χ0) is 13.5. The van der Waals surface area contributed by atoms with Crippen molar-refractivity contribution in [3.8, 4) is 0 Å². The van der Waals surface area contributed by atoms with Crippen molar-refractivity contribution in [1.29, 1.82) is 0 Å². The Kier molecular flexibility index (Phi) is 3.40. The van der Waals surface area contributed by atoms with E-state index in [9.17, 15) is 0 Å². The van der Waals surface area contributed by atoms with Crippen LogP contribution in [-0.2, 0) is 5.41 Å². The maximum atomic E-state index is 5.84. The third kappa shape index (κ3) is 2.32. The van der Waals surface area contributed by atoms with Gasteiger partial charge in [-0.05, 0) is 54.8 Å². The smallest absolute Gasteiger partial charge is 0.0351 e. The second-order valence-electron chi connectivity index (χ2n) is 6.91. The Hall–Kier alpha value is -0.860. The van der Waals surface area contributed by atoms with Crippen molar-refractivity contribution in [2.24, 2.45) is 11.7 Å². The molecular formula is C17H26N2. The van der Waals surface area contributed by atoms with Crippen molar-refractivity contribution in [1.82, 2.24) is 4.90 Å². The van der Waals surface area contributed by atoms with Crippen LogP contribution in [0.4, 0.5) is 0 Å². The van der Waals surface area contributed by atoms with Crippen LogP contribution < -0.4 is 5.73 Å². The Balaban J connectivity index is 1.89. The highest BCUT2D eigenvalue weighted by Gasteiger charge is 2.36. The summed E-state index contributed by atoms with van der Waals surface area (Å²) in [6, 6.07) is 9.69. The fraction of sp³-hybridized carbons (Fsp3) is 0.647. The van der Waals surface area contributed by atoms with E-state index in [1.807, 2.05) is 0 Å². The minimum absolute atomic E-state index is 0.333. The van der Waals surface area contributed by atoms with Crippen molar-refractivity contribution in [2.75, 3.05) is 19.6 Å². The molecule has 0 saturated carbocycles. The van der Waals surface area contributed by atoms with E-state index in [1.54, 1.807) is 11.1 Å². The Morgan fingerprint density at radius 2 is 2.05 bits per heavy atom. The topological polar surface area (TPSA) is 29.3 Å². The van der Waals surface area contributed by atoms with Gasteiger partial charge in [-0.2, -0.15) is 0 Å². The Morgan fingerprint density at radius 3 is 2.79 bits per heavy atom. The van der Waals surface area contributed by atoms with Gasteiger partial charge in [-0.15, -0.1) is 0 Å². The summed E-state index contributed by atoms with van der Waals surface area (Å²) >= 11 is 0. The molecule has 0 radical (unpaired) electrons. The van der Waals surface area contributed by atoms with E-state index >= 15 is 0 Å². The first-order chi connectivity index (χ1) is 9.12. The zero-order valence-corrected chi connectivity index (χ0v) is 12.2. The van der Waals surface area contributed by atoms with Crippen LogP contribution in [0.25, 0.3) is 0 Å². The SMILES string of the molecule is CC1(C)CCC(N2CCC(CN)C2)c2ccccc21. The average molecular weight is 258 g/mol. The Bertz CT molecular complexity index is 452. The highest BCUT2D eigenvalue weighted by Crippen LogP contribution is 2.44. The molecule has 2 N–H and O–H groups in total. The lowest BCUT2D eigenvalue weighted by atomic mass is 9.71. The lowest BCUT2D eigenvalue weighted by Gasteiger charge is -2.40. The van der Waals surface area contributed by atoms with Crippen LogP contribution in [0.15, 0.2) is 24.3 Å². The van der Waals surface area contributed by atoms with Crippen LogP contribution in [0.1, 0.15) is 50.3 Å². The van der Waals surface area contributed by atoms with Gasteiger partial charge >= 0.3 is 0 Å². The Morgan fingerprint density at radius 1 is 1.26 bits per heavy atom. The number of likely N-dealkylation sites (tertiary alicyclic amines) is 1. The predicted molar refractivity (Wildman–Crippen MR) is 80.2 cm³/mol. The molecule has 19 heavy (non-hydrogen) atoms. The van der Waals surface area contributed by atoms with Crippen molar-refractivity contribution >= 4 is 0 Å². The molecule has 2 aliphatic rings. The number of nitrogens with zero attached hydrogens (tertiary/aromatic N) is 1. The maximum Gasteiger partial charge on any atom is 0.0351 e. The third-order valence-corrected chi connectivity index (χ3v) is 5.18. The molecule has 1 heterocycles. The molecule has 0 spiro atoms. The molecule has 2 nitrogen and oxygen atoms in total. The number of hydrogen-bond acceptors (Lipinski definition) is 2. The third-order valence-electron chi connectivity index (χ3n) is 5.18. The maximum absolute atomic E-state index is 5.84. The number of rotatable bonds is 2. The molecule has 2 unspecified atom stereocenters. The van der Waals surface area contributed by atoms with Crippen LogP contribution in [0, 0.1) is 5.92 Å². The van der Waals surface area contributed by atoms with Crippen molar-refractivity contribution in [2.45, 2.75) is 44.6 Å². The monoisotopic (exact) mass is 258 g/mol. The summed E-state index contributed by atoms with van der Waals surface area (Å²) in [5.41, 5.74) is 9.29. The molecule has 1 aromatic rings. The molecule has 2 atom stereocenters. The highest BCUT2D eigenvalue weighted by molar-refractivity contribution is 5.38. The lowest BCUT2D eigenvalue weighted by molar-refractivity contribution is 0.194. The minimum Gasteiger partial charge on any atom is -0.330 e.